The molecule has 0 saturated heterocycles. The fourth-order valence-electron chi connectivity index (χ4n) is 3.99. The molecule has 12 heteroatoms. The van der Waals surface area contributed by atoms with Crippen molar-refractivity contribution in [1.82, 2.24) is 0 Å². The zero-order chi connectivity index (χ0) is 30.0. The maximum atomic E-state index is 13.5. The zero-order valence-corrected chi connectivity index (χ0v) is 21.6. The number of carboxylic acids is 1. The number of carboxylic acid groups (broad SMARTS) is 1. The summed E-state index contributed by atoms with van der Waals surface area (Å²) in [6, 6.07) is 13.9. The fourth-order valence-corrected chi connectivity index (χ4v) is 3.99. The van der Waals surface area contributed by atoms with Crippen LogP contribution in [0.2, 0.25) is 0 Å². The Morgan fingerprint density at radius 2 is 1.02 bits per heavy atom. The molecule has 0 aromatic heterocycles. The van der Waals surface area contributed by atoms with Crippen molar-refractivity contribution in [2.45, 2.75) is 88.2 Å². The third kappa shape index (κ3) is 8.79. The third-order valence-electron chi connectivity index (χ3n) is 6.43. The minimum atomic E-state index is -6.82. The van der Waals surface area contributed by atoms with Gasteiger partial charge in [-0.1, -0.05) is 69.2 Å². The molecule has 40 heavy (non-hydrogen) atoms. The van der Waals surface area contributed by atoms with Crippen molar-refractivity contribution in [1.29, 1.82) is 0 Å². The number of hydrogen-bond acceptors (Lipinski definition) is 2. The molecule has 224 valence electrons. The molecule has 0 amide bonds. The van der Waals surface area contributed by atoms with Gasteiger partial charge in [-0.2, -0.15) is 39.5 Å². The Bertz CT molecular complexity index is 1050. The van der Waals surface area contributed by atoms with Crippen LogP contribution in [-0.4, -0.2) is 41.6 Å². The lowest BCUT2D eigenvalue weighted by atomic mass is 9.97. The summed E-state index contributed by atoms with van der Waals surface area (Å²) in [6.45, 7) is 0.499. The summed E-state index contributed by atoms with van der Waals surface area (Å²) >= 11 is 0. The largest absolute Gasteiger partial charge is 0.494 e. The Hall–Kier alpha value is -2.92. The van der Waals surface area contributed by atoms with E-state index in [1.54, 1.807) is 12.1 Å². The number of rotatable bonds is 17. The van der Waals surface area contributed by atoms with Gasteiger partial charge in [0, 0.05) is 6.42 Å². The molecule has 2 aromatic carbocycles. The Morgan fingerprint density at radius 1 is 0.600 bits per heavy atom. The molecule has 0 fully saturated rings. The van der Waals surface area contributed by atoms with Crippen molar-refractivity contribution in [3.8, 4) is 16.9 Å². The van der Waals surface area contributed by atoms with Gasteiger partial charge in [0.1, 0.15) is 5.75 Å². The lowest BCUT2D eigenvalue weighted by Crippen LogP contribution is -2.60. The summed E-state index contributed by atoms with van der Waals surface area (Å²) in [7, 11) is 0. The van der Waals surface area contributed by atoms with Crippen LogP contribution >= 0.6 is 0 Å². The minimum absolute atomic E-state index is 0.0174. The van der Waals surface area contributed by atoms with E-state index in [0.29, 0.717) is 25.2 Å². The van der Waals surface area contributed by atoms with Crippen molar-refractivity contribution in [2.75, 3.05) is 6.61 Å². The maximum Gasteiger partial charge on any atom is 0.460 e. The molecule has 0 saturated carbocycles. The van der Waals surface area contributed by atoms with Crippen LogP contribution in [0.5, 0.6) is 5.75 Å². The molecule has 0 aliphatic heterocycles. The number of ether oxygens (including phenoxy) is 1. The SMILES string of the molecule is O=C(O)c1ccc(-c2ccc(OCCCCCCCCCCCC(F)(F)C(F)(F)C(F)(F)C(F)(F)F)cc2)cc1. The quantitative estimate of drug-likeness (QED) is 0.148. The van der Waals surface area contributed by atoms with E-state index in [1.165, 1.54) is 12.1 Å². The second-order valence-corrected chi connectivity index (χ2v) is 9.54. The zero-order valence-electron chi connectivity index (χ0n) is 21.6. The maximum absolute atomic E-state index is 13.5. The van der Waals surface area contributed by atoms with Gasteiger partial charge in [0.2, 0.25) is 0 Å². The van der Waals surface area contributed by atoms with Gasteiger partial charge in [0.15, 0.2) is 0 Å². The summed E-state index contributed by atoms with van der Waals surface area (Å²) in [5.74, 6) is -19.1. The Morgan fingerprint density at radius 3 is 1.48 bits per heavy atom. The number of alkyl halides is 9. The van der Waals surface area contributed by atoms with Crippen LogP contribution in [0.3, 0.4) is 0 Å². The number of hydrogen-bond donors (Lipinski definition) is 1. The Kier molecular flexibility index (Phi) is 11.7. The Balaban J connectivity index is 1.54. The predicted octanol–water partition coefficient (Wildman–Crippen LogP) is 9.80. The monoisotopic (exact) mass is 586 g/mol. The molecule has 0 heterocycles. The predicted molar refractivity (Wildman–Crippen MR) is 131 cm³/mol. The smallest absolute Gasteiger partial charge is 0.460 e. The molecular formula is C28H31F9O3. The van der Waals surface area contributed by atoms with Crippen LogP contribution in [0.25, 0.3) is 11.1 Å². The summed E-state index contributed by atoms with van der Waals surface area (Å²) in [4.78, 5) is 10.9. The molecule has 0 atom stereocenters. The van der Waals surface area contributed by atoms with Crippen LogP contribution in [0.1, 0.15) is 74.6 Å². The van der Waals surface area contributed by atoms with Crippen LogP contribution in [-0.2, 0) is 0 Å². The van der Waals surface area contributed by atoms with Crippen molar-refractivity contribution >= 4 is 5.97 Å². The molecule has 2 rings (SSSR count). The molecule has 0 aliphatic rings. The lowest BCUT2D eigenvalue weighted by Gasteiger charge is -2.33. The van der Waals surface area contributed by atoms with E-state index in [4.69, 9.17) is 9.84 Å². The highest BCUT2D eigenvalue weighted by atomic mass is 19.4. The molecule has 2 aromatic rings. The molecular weight excluding hydrogens is 555 g/mol. The number of unbranched alkanes of at least 4 members (excludes halogenated alkanes) is 8. The molecule has 3 nitrogen and oxygen atoms in total. The highest BCUT2D eigenvalue weighted by Gasteiger charge is 2.81. The van der Waals surface area contributed by atoms with Crippen molar-refractivity contribution in [3.05, 3.63) is 54.1 Å². The summed E-state index contributed by atoms with van der Waals surface area (Å²) in [5, 5.41) is 8.97. The first-order valence-electron chi connectivity index (χ1n) is 12.9. The van der Waals surface area contributed by atoms with Crippen molar-refractivity contribution in [3.63, 3.8) is 0 Å². The van der Waals surface area contributed by atoms with Gasteiger partial charge >= 0.3 is 29.9 Å². The van der Waals surface area contributed by atoms with Gasteiger partial charge in [0.05, 0.1) is 12.2 Å². The van der Waals surface area contributed by atoms with E-state index in [9.17, 15) is 44.3 Å². The second kappa shape index (κ2) is 14.1. The van der Waals surface area contributed by atoms with Gasteiger partial charge in [-0.05, 0) is 48.2 Å². The van der Waals surface area contributed by atoms with Crippen LogP contribution in [0.4, 0.5) is 39.5 Å². The third-order valence-corrected chi connectivity index (χ3v) is 6.43. The normalized spacial score (nSPS) is 12.9. The Labute approximate surface area is 226 Å². The summed E-state index contributed by atoms with van der Waals surface area (Å²) in [6.07, 6.45) is -4.00. The van der Waals surface area contributed by atoms with Gasteiger partial charge in [0.25, 0.3) is 0 Å². The first kappa shape index (κ1) is 33.3. The van der Waals surface area contributed by atoms with Gasteiger partial charge in [-0.3, -0.25) is 0 Å². The van der Waals surface area contributed by atoms with Crippen molar-refractivity contribution in [2.24, 2.45) is 0 Å². The number of halogens is 9. The standard InChI is InChI=1S/C28H31F9O3/c29-25(30,26(31,32)27(33,34)28(35,36)37)18-8-6-4-2-1-3-5-7-9-19-40-23-16-14-21(15-17-23)20-10-12-22(13-11-20)24(38)39/h10-17H,1-9,18-19H2,(H,38,39). The topological polar surface area (TPSA) is 46.5 Å². The van der Waals surface area contributed by atoms with Crippen LogP contribution in [0.15, 0.2) is 48.5 Å². The first-order chi connectivity index (χ1) is 18.6. The molecule has 1 N–H and O–H groups in total. The molecule has 0 radical (unpaired) electrons. The highest BCUT2D eigenvalue weighted by Crippen LogP contribution is 2.54. The van der Waals surface area contributed by atoms with E-state index < -0.39 is 42.8 Å². The molecule has 0 unspecified atom stereocenters. The minimum Gasteiger partial charge on any atom is -0.494 e. The summed E-state index contributed by atoms with van der Waals surface area (Å²) < 4.78 is 121. The number of carbonyl (C=O) groups is 1. The van der Waals surface area contributed by atoms with E-state index in [1.807, 2.05) is 24.3 Å². The number of benzene rings is 2. The van der Waals surface area contributed by atoms with E-state index in [-0.39, 0.29) is 12.0 Å². The van der Waals surface area contributed by atoms with E-state index in [0.717, 1.165) is 43.2 Å². The van der Waals surface area contributed by atoms with Crippen LogP contribution < -0.4 is 4.74 Å². The van der Waals surface area contributed by atoms with Gasteiger partial charge in [-0.15, -0.1) is 0 Å². The second-order valence-electron chi connectivity index (χ2n) is 9.54. The average Bonchev–Trinajstić information content (AvgIpc) is 2.88. The van der Waals surface area contributed by atoms with E-state index >= 15 is 0 Å². The van der Waals surface area contributed by atoms with Gasteiger partial charge < -0.3 is 9.84 Å². The van der Waals surface area contributed by atoms with Crippen LogP contribution in [0, 0.1) is 0 Å². The first-order valence-corrected chi connectivity index (χ1v) is 12.9. The van der Waals surface area contributed by atoms with E-state index in [2.05, 4.69) is 0 Å². The summed E-state index contributed by atoms with van der Waals surface area (Å²) in [5.41, 5.74) is 2.00. The highest BCUT2D eigenvalue weighted by molar-refractivity contribution is 5.88. The fraction of sp³-hybridized carbons (Fsp3) is 0.536. The molecule has 0 aliphatic carbocycles. The molecule has 0 bridgehead atoms. The van der Waals surface area contributed by atoms with Crippen molar-refractivity contribution < 1.29 is 54.2 Å². The molecule has 0 spiro atoms. The average molecular weight is 587 g/mol. The van der Waals surface area contributed by atoms with Gasteiger partial charge in [-0.25, -0.2) is 4.79 Å². The number of aromatic carboxylic acids is 1. The lowest BCUT2D eigenvalue weighted by molar-refractivity contribution is -0.396.